The Morgan fingerprint density at radius 2 is 1.93 bits per heavy atom. The first-order valence-electron chi connectivity index (χ1n) is 13.7. The average Bonchev–Trinajstić information content (AvgIpc) is 3.37. The predicted octanol–water partition coefficient (Wildman–Crippen LogP) is 5.17. The van der Waals surface area contributed by atoms with Crippen LogP contribution >= 0.6 is 0 Å². The number of nitrogens with one attached hydrogen (secondary N) is 3. The molecule has 1 aliphatic carbocycles. The van der Waals surface area contributed by atoms with Crippen molar-refractivity contribution in [3.05, 3.63) is 76.5 Å². The van der Waals surface area contributed by atoms with Crippen LogP contribution in [0.15, 0.2) is 41.3 Å². The van der Waals surface area contributed by atoms with E-state index < -0.39 is 40.8 Å². The van der Waals surface area contributed by atoms with E-state index in [9.17, 15) is 14.0 Å². The van der Waals surface area contributed by atoms with Crippen molar-refractivity contribution < 1.29 is 27.7 Å². The molecule has 10 nitrogen and oxygen atoms in total. The Bertz CT molecular complexity index is 1670. The Balaban J connectivity index is 1.36. The number of H-pyrrole nitrogens is 1. The fourth-order valence-corrected chi connectivity index (χ4v) is 5.85. The van der Waals surface area contributed by atoms with Crippen molar-refractivity contribution in [3.8, 4) is 17.0 Å². The van der Waals surface area contributed by atoms with Gasteiger partial charge in [0.15, 0.2) is 11.5 Å². The van der Waals surface area contributed by atoms with Gasteiger partial charge in [-0.1, -0.05) is 25.1 Å². The van der Waals surface area contributed by atoms with Gasteiger partial charge in [-0.3, -0.25) is 14.6 Å². The quantitative estimate of drug-likeness (QED) is 0.276. The molecule has 4 heterocycles. The van der Waals surface area contributed by atoms with Gasteiger partial charge in [-0.15, -0.1) is 0 Å². The number of nitrogens with zero attached hydrogens (tertiary/aromatic N) is 3. The van der Waals surface area contributed by atoms with Crippen molar-refractivity contribution in [1.29, 1.82) is 0 Å². The van der Waals surface area contributed by atoms with Crippen molar-refractivity contribution in [2.24, 2.45) is 5.41 Å². The summed E-state index contributed by atoms with van der Waals surface area (Å²) in [5.74, 6) is -2.74. The number of aromatic amines is 1. The number of aromatic nitrogens is 4. The highest BCUT2D eigenvalue weighted by Crippen LogP contribution is 2.61. The summed E-state index contributed by atoms with van der Waals surface area (Å²) in [6, 6.07) is 4.20. The lowest BCUT2D eigenvalue weighted by Crippen LogP contribution is -2.52. The Hall–Kier alpha value is -4.61. The summed E-state index contributed by atoms with van der Waals surface area (Å²) in [4.78, 5) is 34.9. The number of carbonyl (C=O) groups is 2. The highest BCUT2D eigenvalue weighted by atomic mass is 19.1. The van der Waals surface area contributed by atoms with Gasteiger partial charge in [0.1, 0.15) is 29.0 Å². The summed E-state index contributed by atoms with van der Waals surface area (Å²) in [7, 11) is 0. The van der Waals surface area contributed by atoms with Crippen molar-refractivity contribution in [2.75, 3.05) is 11.9 Å². The number of halogens is 2. The van der Waals surface area contributed by atoms with Crippen LogP contribution in [0, 0.1) is 30.9 Å². The molecule has 1 unspecified atom stereocenters. The monoisotopic (exact) mass is 576 g/mol. The zero-order valence-electron chi connectivity index (χ0n) is 23.5. The van der Waals surface area contributed by atoms with Crippen LogP contribution in [0.25, 0.3) is 11.3 Å². The van der Waals surface area contributed by atoms with Crippen LogP contribution in [-0.4, -0.2) is 44.7 Å². The van der Waals surface area contributed by atoms with Gasteiger partial charge in [0.2, 0.25) is 5.91 Å². The van der Waals surface area contributed by atoms with Gasteiger partial charge in [0.25, 0.3) is 5.91 Å². The third kappa shape index (κ3) is 4.80. The van der Waals surface area contributed by atoms with Gasteiger partial charge in [0.05, 0.1) is 18.5 Å². The molecule has 0 bridgehead atoms. The van der Waals surface area contributed by atoms with Crippen LogP contribution in [0.4, 0.5) is 14.5 Å². The van der Waals surface area contributed by atoms with Crippen LogP contribution in [0.3, 0.4) is 0 Å². The van der Waals surface area contributed by atoms with Crippen molar-refractivity contribution >= 4 is 17.5 Å². The van der Waals surface area contributed by atoms with Crippen LogP contribution < -0.4 is 15.4 Å². The molecule has 3 aromatic heterocycles. The summed E-state index contributed by atoms with van der Waals surface area (Å²) in [6.07, 6.45) is 4.64. The number of fused-ring (bicyclic) bond motifs is 1. The van der Waals surface area contributed by atoms with E-state index in [1.165, 1.54) is 24.4 Å². The van der Waals surface area contributed by atoms with Gasteiger partial charge >= 0.3 is 0 Å². The molecule has 3 N–H and O–H groups in total. The van der Waals surface area contributed by atoms with E-state index in [1.54, 1.807) is 12.3 Å². The zero-order valence-corrected chi connectivity index (χ0v) is 23.5. The average molecular weight is 577 g/mol. The van der Waals surface area contributed by atoms with Gasteiger partial charge in [-0.05, 0) is 43.5 Å². The topological polar surface area (TPSA) is 135 Å². The first-order chi connectivity index (χ1) is 20.1. The maximum absolute atomic E-state index is 15.3. The summed E-state index contributed by atoms with van der Waals surface area (Å²) in [5, 5.41) is 13.2. The summed E-state index contributed by atoms with van der Waals surface area (Å²) in [5.41, 5.74) is 3.00. The Morgan fingerprint density at radius 1 is 1.14 bits per heavy atom. The lowest BCUT2D eigenvalue weighted by atomic mass is 9.75. The van der Waals surface area contributed by atoms with Gasteiger partial charge in [-0.25, -0.2) is 13.4 Å². The number of ether oxygens (including phenoxy) is 1. The lowest BCUT2D eigenvalue weighted by Gasteiger charge is -2.38. The van der Waals surface area contributed by atoms with E-state index in [4.69, 9.17) is 9.37 Å². The number of pyridine rings is 1. The van der Waals surface area contributed by atoms with Gasteiger partial charge in [-0.2, -0.15) is 0 Å². The minimum Gasteiger partial charge on any atom is -0.493 e. The van der Waals surface area contributed by atoms with Crippen LogP contribution in [0.1, 0.15) is 71.5 Å². The van der Waals surface area contributed by atoms with Crippen molar-refractivity contribution in [3.63, 3.8) is 0 Å². The molecule has 218 valence electrons. The fourth-order valence-electron chi connectivity index (χ4n) is 5.85. The molecule has 6 rings (SSSR count). The SMILES string of the molecule is Cc1c[nH]c(C)c1-c1ncc(NC(=O)[C@@H](NC(=O)c2nonc2C(C)C)C2c3ccc(F)cc3OCC23CC3)cc1F. The Kier molecular flexibility index (Phi) is 6.78. The van der Waals surface area contributed by atoms with E-state index >= 15 is 4.39 Å². The maximum Gasteiger partial charge on any atom is 0.276 e. The molecular weight excluding hydrogens is 546 g/mol. The molecule has 1 spiro atoms. The second-order valence-corrected chi connectivity index (χ2v) is 11.4. The molecular formula is C30H30F2N6O4. The summed E-state index contributed by atoms with van der Waals surface area (Å²) < 4.78 is 40.1. The molecule has 1 aromatic carbocycles. The third-order valence-corrected chi connectivity index (χ3v) is 8.18. The van der Waals surface area contributed by atoms with E-state index in [-0.39, 0.29) is 29.6 Å². The summed E-state index contributed by atoms with van der Waals surface area (Å²) >= 11 is 0. The molecule has 4 aromatic rings. The first-order valence-corrected chi connectivity index (χ1v) is 13.7. The van der Waals surface area contributed by atoms with Crippen molar-refractivity contribution in [1.82, 2.24) is 25.6 Å². The standard InChI is InChI=1S/C30H30F2N6O4/c1-14(2)24-27(38-42-37-24)29(40)36-26(23-19-6-5-17(31)9-21(19)41-13-30(23)7-8-30)28(39)35-18-10-20(32)25(34-12-18)22-15(3)11-33-16(22)4/h5-6,9-12,14,23,26,33H,7-8,13H2,1-4H3,(H,35,39)(H,36,40)/t23?,26-/m0/s1. The normalized spacial score (nSPS) is 17.5. The largest absolute Gasteiger partial charge is 0.493 e. The second-order valence-electron chi connectivity index (χ2n) is 11.4. The summed E-state index contributed by atoms with van der Waals surface area (Å²) in [6.45, 7) is 7.61. The van der Waals surface area contributed by atoms with Crippen LogP contribution in [0.5, 0.6) is 5.75 Å². The Morgan fingerprint density at radius 3 is 2.60 bits per heavy atom. The molecule has 1 aliphatic heterocycles. The van der Waals surface area contributed by atoms with Crippen LogP contribution in [0.2, 0.25) is 0 Å². The number of carbonyl (C=O) groups excluding carboxylic acids is 2. The fraction of sp³-hybridized carbons (Fsp3) is 0.367. The molecule has 2 aliphatic rings. The lowest BCUT2D eigenvalue weighted by molar-refractivity contribution is -0.119. The number of benzene rings is 1. The zero-order chi connectivity index (χ0) is 29.8. The third-order valence-electron chi connectivity index (χ3n) is 8.18. The predicted molar refractivity (Wildman–Crippen MR) is 148 cm³/mol. The van der Waals surface area contributed by atoms with E-state index in [0.29, 0.717) is 22.6 Å². The number of anilines is 1. The maximum atomic E-state index is 15.3. The van der Waals surface area contributed by atoms with Crippen molar-refractivity contribution in [2.45, 2.75) is 58.4 Å². The van der Waals surface area contributed by atoms with Gasteiger partial charge < -0.3 is 20.4 Å². The molecule has 2 amide bonds. The minimum absolute atomic E-state index is 0.0339. The number of amides is 2. The molecule has 12 heteroatoms. The smallest absolute Gasteiger partial charge is 0.276 e. The van der Waals surface area contributed by atoms with Gasteiger partial charge in [0, 0.05) is 52.4 Å². The van der Waals surface area contributed by atoms with Crippen LogP contribution in [-0.2, 0) is 4.79 Å². The number of aryl methyl sites for hydroxylation is 2. The Labute approximate surface area is 240 Å². The molecule has 42 heavy (non-hydrogen) atoms. The number of hydrogen-bond acceptors (Lipinski definition) is 7. The van der Waals surface area contributed by atoms with E-state index in [1.807, 2.05) is 27.7 Å². The molecule has 0 radical (unpaired) electrons. The number of hydrogen-bond donors (Lipinski definition) is 3. The number of rotatable bonds is 7. The highest BCUT2D eigenvalue weighted by molar-refractivity contribution is 6.01. The minimum atomic E-state index is -1.15. The second kappa shape index (κ2) is 10.3. The molecule has 1 saturated carbocycles. The first kappa shape index (κ1) is 27.6. The molecule has 0 saturated heterocycles. The van der Waals surface area contributed by atoms with E-state index in [0.717, 1.165) is 24.1 Å². The molecule has 1 fully saturated rings. The molecule has 2 atom stereocenters. The highest BCUT2D eigenvalue weighted by Gasteiger charge is 2.58. The van der Waals surface area contributed by atoms with E-state index in [2.05, 4.69) is 30.9 Å².